The molecular formula is C14H15N5. The molecule has 0 aliphatic carbocycles. The van der Waals surface area contributed by atoms with E-state index in [1.807, 2.05) is 30.5 Å². The summed E-state index contributed by atoms with van der Waals surface area (Å²) in [7, 11) is 0. The maximum Gasteiger partial charge on any atom is 0.182 e. The standard InChI is InChI=1S/C14H15N5/c1-10(2)14-17-7-13(19-14)11-3-5-12(6-4-11)18-9-16-8-15/h3-7,9-10H,1-2H3,(H,16,18)(H,17,19). The Balaban J connectivity index is 2.15. The van der Waals surface area contributed by atoms with E-state index in [4.69, 9.17) is 5.26 Å². The third-order valence-corrected chi connectivity index (χ3v) is 2.65. The molecule has 1 heterocycles. The molecule has 1 aromatic carbocycles. The van der Waals surface area contributed by atoms with E-state index in [2.05, 4.69) is 34.1 Å². The molecule has 2 aromatic rings. The molecule has 0 spiro atoms. The number of aliphatic imine (C=N–C) groups is 1. The summed E-state index contributed by atoms with van der Waals surface area (Å²) in [6.45, 7) is 4.20. The number of hydrogen-bond donors (Lipinski definition) is 2. The third kappa shape index (κ3) is 3.19. The van der Waals surface area contributed by atoms with Gasteiger partial charge >= 0.3 is 0 Å². The number of aromatic nitrogens is 2. The van der Waals surface area contributed by atoms with Gasteiger partial charge in [0.1, 0.15) is 12.2 Å². The molecule has 0 atom stereocenters. The maximum absolute atomic E-state index is 8.32. The Morgan fingerprint density at radius 1 is 1.37 bits per heavy atom. The molecule has 19 heavy (non-hydrogen) atoms. The van der Waals surface area contributed by atoms with E-state index in [1.165, 1.54) is 6.34 Å². The number of H-pyrrole nitrogens is 1. The van der Waals surface area contributed by atoms with Crippen molar-refractivity contribution in [1.29, 1.82) is 5.26 Å². The quantitative estimate of drug-likeness (QED) is 0.380. The molecule has 0 radical (unpaired) electrons. The number of nitrogens with one attached hydrogen (secondary N) is 2. The van der Waals surface area contributed by atoms with Crippen LogP contribution in [0.15, 0.2) is 35.5 Å². The average Bonchev–Trinajstić information content (AvgIpc) is 2.90. The third-order valence-electron chi connectivity index (χ3n) is 2.65. The molecule has 0 amide bonds. The first-order valence-corrected chi connectivity index (χ1v) is 6.03. The van der Waals surface area contributed by atoms with Crippen molar-refractivity contribution >= 4 is 12.0 Å². The summed E-state index contributed by atoms with van der Waals surface area (Å²) in [6, 6.07) is 7.68. The maximum atomic E-state index is 8.32. The lowest BCUT2D eigenvalue weighted by Crippen LogP contribution is -1.98. The monoisotopic (exact) mass is 253 g/mol. The number of benzene rings is 1. The molecule has 5 heteroatoms. The van der Waals surface area contributed by atoms with Gasteiger partial charge in [-0.3, -0.25) is 5.32 Å². The van der Waals surface area contributed by atoms with E-state index in [9.17, 15) is 0 Å². The van der Waals surface area contributed by atoms with Crippen LogP contribution in [0.4, 0.5) is 5.69 Å². The Kier molecular flexibility index (Phi) is 3.94. The van der Waals surface area contributed by atoms with Crippen molar-refractivity contribution in [1.82, 2.24) is 15.3 Å². The molecule has 0 aliphatic heterocycles. The van der Waals surface area contributed by atoms with Crippen LogP contribution < -0.4 is 5.32 Å². The lowest BCUT2D eigenvalue weighted by molar-refractivity contribution is 0.795. The molecule has 2 rings (SSSR count). The van der Waals surface area contributed by atoms with Gasteiger partial charge in [0.25, 0.3) is 0 Å². The molecule has 5 nitrogen and oxygen atoms in total. The highest BCUT2D eigenvalue weighted by Gasteiger charge is 2.06. The summed E-state index contributed by atoms with van der Waals surface area (Å²) in [5.41, 5.74) is 2.75. The van der Waals surface area contributed by atoms with Crippen LogP contribution in [-0.4, -0.2) is 16.3 Å². The van der Waals surface area contributed by atoms with Crippen LogP contribution >= 0.6 is 0 Å². The van der Waals surface area contributed by atoms with Gasteiger partial charge in [0, 0.05) is 17.7 Å². The molecule has 0 bridgehead atoms. The number of aromatic amines is 1. The van der Waals surface area contributed by atoms with Crippen LogP contribution in [0.1, 0.15) is 25.6 Å². The lowest BCUT2D eigenvalue weighted by Gasteiger charge is -1.99. The average molecular weight is 253 g/mol. The Morgan fingerprint density at radius 3 is 2.68 bits per heavy atom. The number of hydrogen-bond acceptors (Lipinski definition) is 3. The zero-order valence-corrected chi connectivity index (χ0v) is 10.9. The first-order chi connectivity index (χ1) is 9.20. The van der Waals surface area contributed by atoms with E-state index in [-0.39, 0.29) is 0 Å². The minimum Gasteiger partial charge on any atom is -0.348 e. The molecule has 0 unspecified atom stereocenters. The summed E-state index contributed by atoms with van der Waals surface area (Å²) in [4.78, 5) is 11.8. The second-order valence-electron chi connectivity index (χ2n) is 4.39. The molecular weight excluding hydrogens is 238 g/mol. The van der Waals surface area contributed by atoms with Gasteiger partial charge in [0.2, 0.25) is 0 Å². The van der Waals surface area contributed by atoms with Crippen LogP contribution in [0.2, 0.25) is 0 Å². The van der Waals surface area contributed by atoms with E-state index in [0.29, 0.717) is 5.92 Å². The molecule has 0 saturated carbocycles. The second kappa shape index (κ2) is 5.83. The van der Waals surface area contributed by atoms with Crippen LogP contribution in [-0.2, 0) is 0 Å². The molecule has 1 aromatic heterocycles. The minimum absolute atomic E-state index is 0.384. The van der Waals surface area contributed by atoms with Crippen molar-refractivity contribution in [2.75, 3.05) is 0 Å². The van der Waals surface area contributed by atoms with Crippen molar-refractivity contribution in [3.05, 3.63) is 36.3 Å². The van der Waals surface area contributed by atoms with Crippen molar-refractivity contribution in [2.24, 2.45) is 4.99 Å². The fourth-order valence-electron chi connectivity index (χ4n) is 1.63. The van der Waals surface area contributed by atoms with Crippen molar-refractivity contribution in [3.8, 4) is 17.5 Å². The van der Waals surface area contributed by atoms with Gasteiger partial charge in [-0.05, 0) is 12.1 Å². The fraction of sp³-hybridized carbons (Fsp3) is 0.214. The van der Waals surface area contributed by atoms with E-state index in [0.717, 1.165) is 22.8 Å². The molecule has 2 N–H and O–H groups in total. The SMILES string of the molecule is CC(C)c1nc(-c2ccc(/N=C/NC#N)cc2)c[nH]1. The Bertz CT molecular complexity index is 602. The number of nitriles is 1. The molecule has 0 fully saturated rings. The zero-order chi connectivity index (χ0) is 13.7. The van der Waals surface area contributed by atoms with E-state index in [1.54, 1.807) is 6.19 Å². The fourth-order valence-corrected chi connectivity index (χ4v) is 1.63. The number of rotatable bonds is 4. The summed E-state index contributed by atoms with van der Waals surface area (Å²) in [5, 5.41) is 10.7. The van der Waals surface area contributed by atoms with Gasteiger partial charge in [-0.1, -0.05) is 26.0 Å². The van der Waals surface area contributed by atoms with Crippen molar-refractivity contribution in [3.63, 3.8) is 0 Å². The summed E-state index contributed by atoms with van der Waals surface area (Å²) in [5.74, 6) is 1.37. The van der Waals surface area contributed by atoms with Crippen molar-refractivity contribution in [2.45, 2.75) is 19.8 Å². The Hall–Kier alpha value is -2.61. The topological polar surface area (TPSA) is 76.9 Å². The van der Waals surface area contributed by atoms with E-state index < -0.39 is 0 Å². The number of nitrogens with zero attached hydrogens (tertiary/aromatic N) is 3. The highest BCUT2D eigenvalue weighted by Crippen LogP contribution is 2.22. The summed E-state index contributed by atoms with van der Waals surface area (Å²) in [6.07, 6.45) is 5.04. The predicted molar refractivity (Wildman–Crippen MR) is 75.0 cm³/mol. The summed E-state index contributed by atoms with van der Waals surface area (Å²) >= 11 is 0. The second-order valence-corrected chi connectivity index (χ2v) is 4.39. The highest BCUT2D eigenvalue weighted by molar-refractivity contribution is 5.65. The van der Waals surface area contributed by atoms with Crippen LogP contribution in [0, 0.1) is 11.5 Å². The molecule has 0 saturated heterocycles. The normalized spacial score (nSPS) is 10.8. The molecule has 0 aliphatic rings. The first-order valence-electron chi connectivity index (χ1n) is 6.03. The van der Waals surface area contributed by atoms with Crippen LogP contribution in [0.3, 0.4) is 0 Å². The summed E-state index contributed by atoms with van der Waals surface area (Å²) < 4.78 is 0. The zero-order valence-electron chi connectivity index (χ0n) is 10.9. The lowest BCUT2D eigenvalue weighted by atomic mass is 10.1. The Morgan fingerprint density at radius 2 is 2.11 bits per heavy atom. The number of imidazole rings is 1. The Labute approximate surface area is 112 Å². The van der Waals surface area contributed by atoms with Gasteiger partial charge in [0.05, 0.1) is 11.4 Å². The van der Waals surface area contributed by atoms with Gasteiger partial charge in [0.15, 0.2) is 6.19 Å². The van der Waals surface area contributed by atoms with Crippen LogP contribution in [0.25, 0.3) is 11.3 Å². The van der Waals surface area contributed by atoms with Crippen LogP contribution in [0.5, 0.6) is 0 Å². The highest BCUT2D eigenvalue weighted by atomic mass is 14.9. The smallest absolute Gasteiger partial charge is 0.182 e. The van der Waals surface area contributed by atoms with Gasteiger partial charge in [-0.2, -0.15) is 5.26 Å². The van der Waals surface area contributed by atoms with Crippen molar-refractivity contribution < 1.29 is 0 Å². The van der Waals surface area contributed by atoms with Gasteiger partial charge in [-0.15, -0.1) is 0 Å². The van der Waals surface area contributed by atoms with Gasteiger partial charge in [-0.25, -0.2) is 9.98 Å². The largest absolute Gasteiger partial charge is 0.348 e. The van der Waals surface area contributed by atoms with E-state index >= 15 is 0 Å². The predicted octanol–water partition coefficient (Wildman–Crippen LogP) is 2.93. The minimum atomic E-state index is 0.384. The first kappa shape index (κ1) is 12.8. The molecule has 96 valence electrons. The van der Waals surface area contributed by atoms with Gasteiger partial charge < -0.3 is 4.98 Å².